The molecular weight excluding hydrogens is 637 g/mol. The van der Waals surface area contributed by atoms with Crippen molar-refractivity contribution >= 4 is 21.8 Å². The van der Waals surface area contributed by atoms with Gasteiger partial charge in [-0.25, -0.2) is 9.67 Å². The van der Waals surface area contributed by atoms with E-state index < -0.39 is 0 Å². The van der Waals surface area contributed by atoms with Crippen LogP contribution in [0.5, 0.6) is 11.5 Å². The van der Waals surface area contributed by atoms with Crippen LogP contribution in [0.15, 0.2) is 97.2 Å². The molecule has 0 atom stereocenters. The first-order valence-electron chi connectivity index (χ1n) is 18.8. The van der Waals surface area contributed by atoms with Gasteiger partial charge in [0.2, 0.25) is 0 Å². The number of hydrogen-bond acceptors (Lipinski definition) is 3. The molecule has 0 unspecified atom stereocenters. The smallest absolute Gasteiger partial charge is 0.137 e. The van der Waals surface area contributed by atoms with Crippen molar-refractivity contribution in [2.45, 2.75) is 99.3 Å². The summed E-state index contributed by atoms with van der Waals surface area (Å²) in [5.41, 5.74) is 13.0. The van der Waals surface area contributed by atoms with Crippen LogP contribution in [-0.4, -0.2) is 19.3 Å². The number of hydrogen-bond donors (Lipinski definition) is 0. The predicted octanol–water partition coefficient (Wildman–Crippen LogP) is 13.1. The van der Waals surface area contributed by atoms with Gasteiger partial charge in [0.05, 0.1) is 22.4 Å². The standard InChI is InChI=1S/C47H52N4O/c1-28(2)33-21-22-48-44(23-33)50-42-18-13-12-15-40(42)41-20-19-36(27-43(41)50)52-37-25-34(47(9,10)11)24-35(26-37)51-32(8)45(31(7)49-51)46-38(29(3)4)16-14-17-39(46)30(5)6/h12-30H,1-11H3. The number of para-hydroxylation sites is 1. The van der Waals surface area contributed by atoms with Gasteiger partial charge in [-0.2, -0.15) is 5.10 Å². The fraction of sp³-hybridized carbons (Fsp3) is 0.319. The first-order chi connectivity index (χ1) is 24.7. The van der Waals surface area contributed by atoms with Crippen LogP contribution in [0.1, 0.15) is 114 Å². The normalized spacial score (nSPS) is 12.3. The minimum atomic E-state index is -0.106. The van der Waals surface area contributed by atoms with Gasteiger partial charge in [0, 0.05) is 40.4 Å². The summed E-state index contributed by atoms with van der Waals surface area (Å²) < 4.78 is 11.2. The number of pyridine rings is 1. The van der Waals surface area contributed by atoms with Crippen LogP contribution >= 0.6 is 0 Å². The highest BCUT2D eigenvalue weighted by molar-refractivity contribution is 6.09. The summed E-state index contributed by atoms with van der Waals surface area (Å²) in [5, 5.41) is 7.57. The van der Waals surface area contributed by atoms with E-state index in [2.05, 4.69) is 176 Å². The number of rotatable bonds is 8. The average Bonchev–Trinajstić information content (AvgIpc) is 3.59. The highest BCUT2D eigenvalue weighted by Crippen LogP contribution is 2.41. The third-order valence-electron chi connectivity index (χ3n) is 10.5. The number of aryl methyl sites for hydroxylation is 1. The summed E-state index contributed by atoms with van der Waals surface area (Å²) in [7, 11) is 0. The van der Waals surface area contributed by atoms with Gasteiger partial charge in [-0.3, -0.25) is 4.57 Å². The lowest BCUT2D eigenvalue weighted by molar-refractivity contribution is 0.478. The predicted molar refractivity (Wildman–Crippen MR) is 218 cm³/mol. The second kappa shape index (κ2) is 13.4. The molecule has 266 valence electrons. The Labute approximate surface area is 309 Å². The lowest BCUT2D eigenvalue weighted by atomic mass is 9.84. The second-order valence-electron chi connectivity index (χ2n) is 16.3. The molecule has 0 saturated carbocycles. The maximum atomic E-state index is 6.82. The summed E-state index contributed by atoms with van der Waals surface area (Å²) >= 11 is 0. The van der Waals surface area contributed by atoms with E-state index in [1.165, 1.54) is 44.2 Å². The molecule has 3 heterocycles. The molecule has 0 N–H and O–H groups in total. The number of benzene rings is 4. The molecular formula is C47H52N4O. The zero-order chi connectivity index (χ0) is 37.1. The van der Waals surface area contributed by atoms with Gasteiger partial charge in [-0.15, -0.1) is 0 Å². The third-order valence-corrected chi connectivity index (χ3v) is 10.5. The number of aromatic nitrogens is 4. The lowest BCUT2D eigenvalue weighted by Crippen LogP contribution is -2.12. The Bertz CT molecular complexity index is 2410. The van der Waals surface area contributed by atoms with Gasteiger partial charge in [-0.05, 0) is 107 Å². The topological polar surface area (TPSA) is 44.9 Å². The average molecular weight is 689 g/mol. The number of ether oxygens (including phenoxy) is 1. The van der Waals surface area contributed by atoms with Crippen LogP contribution in [0.3, 0.4) is 0 Å². The fourth-order valence-corrected chi connectivity index (χ4v) is 7.61. The largest absolute Gasteiger partial charge is 0.457 e. The quantitative estimate of drug-likeness (QED) is 0.160. The Morgan fingerprint density at radius 2 is 1.33 bits per heavy atom. The fourth-order valence-electron chi connectivity index (χ4n) is 7.61. The van der Waals surface area contributed by atoms with Crippen molar-refractivity contribution in [3.63, 3.8) is 0 Å². The molecule has 0 aliphatic rings. The lowest BCUT2D eigenvalue weighted by Gasteiger charge is -2.22. The van der Waals surface area contributed by atoms with E-state index in [4.69, 9.17) is 14.8 Å². The Hall–Kier alpha value is -5.16. The Morgan fingerprint density at radius 1 is 0.635 bits per heavy atom. The molecule has 3 aromatic heterocycles. The minimum Gasteiger partial charge on any atom is -0.457 e. The molecule has 5 heteroatoms. The van der Waals surface area contributed by atoms with E-state index in [9.17, 15) is 0 Å². The van der Waals surface area contributed by atoms with Crippen LogP contribution < -0.4 is 4.74 Å². The van der Waals surface area contributed by atoms with Crippen molar-refractivity contribution in [2.24, 2.45) is 0 Å². The molecule has 0 radical (unpaired) electrons. The Kier molecular flexibility index (Phi) is 9.10. The van der Waals surface area contributed by atoms with Gasteiger partial charge in [0.1, 0.15) is 17.3 Å². The van der Waals surface area contributed by atoms with Crippen molar-refractivity contribution in [1.82, 2.24) is 19.3 Å². The number of fused-ring (bicyclic) bond motifs is 3. The van der Waals surface area contributed by atoms with Crippen molar-refractivity contribution in [1.29, 1.82) is 0 Å². The summed E-state index contributed by atoms with van der Waals surface area (Å²) in [6, 6.07) is 32.6. The highest BCUT2D eigenvalue weighted by atomic mass is 16.5. The zero-order valence-corrected chi connectivity index (χ0v) is 32.7. The second-order valence-corrected chi connectivity index (χ2v) is 16.3. The molecule has 0 saturated heterocycles. The van der Waals surface area contributed by atoms with Crippen LogP contribution in [0.2, 0.25) is 0 Å². The van der Waals surface area contributed by atoms with Crippen molar-refractivity contribution < 1.29 is 4.74 Å². The monoisotopic (exact) mass is 688 g/mol. The molecule has 4 aromatic carbocycles. The van der Waals surface area contributed by atoms with Crippen molar-refractivity contribution in [2.75, 3.05) is 0 Å². The zero-order valence-electron chi connectivity index (χ0n) is 32.7. The maximum Gasteiger partial charge on any atom is 0.137 e. The molecule has 7 rings (SSSR count). The summed E-state index contributed by atoms with van der Waals surface area (Å²) in [5.74, 6) is 3.65. The van der Waals surface area contributed by atoms with Gasteiger partial charge in [0.15, 0.2) is 0 Å². The molecule has 7 aromatic rings. The molecule has 5 nitrogen and oxygen atoms in total. The van der Waals surface area contributed by atoms with E-state index >= 15 is 0 Å². The molecule has 0 amide bonds. The van der Waals surface area contributed by atoms with Crippen LogP contribution in [0, 0.1) is 13.8 Å². The van der Waals surface area contributed by atoms with E-state index in [0.717, 1.165) is 45.4 Å². The van der Waals surface area contributed by atoms with E-state index in [1.807, 2.05) is 6.20 Å². The van der Waals surface area contributed by atoms with Gasteiger partial charge >= 0.3 is 0 Å². The first-order valence-corrected chi connectivity index (χ1v) is 18.8. The summed E-state index contributed by atoms with van der Waals surface area (Å²) in [4.78, 5) is 4.84. The van der Waals surface area contributed by atoms with E-state index in [1.54, 1.807) is 0 Å². The summed E-state index contributed by atoms with van der Waals surface area (Å²) in [6.07, 6.45) is 1.92. The van der Waals surface area contributed by atoms with Crippen LogP contribution in [-0.2, 0) is 5.41 Å². The van der Waals surface area contributed by atoms with Crippen molar-refractivity contribution in [3.8, 4) is 34.1 Å². The van der Waals surface area contributed by atoms with E-state index in [0.29, 0.717) is 17.8 Å². The third kappa shape index (κ3) is 6.31. The summed E-state index contributed by atoms with van der Waals surface area (Å²) in [6.45, 7) is 24.7. The highest BCUT2D eigenvalue weighted by Gasteiger charge is 2.24. The molecule has 52 heavy (non-hydrogen) atoms. The van der Waals surface area contributed by atoms with Gasteiger partial charge < -0.3 is 4.74 Å². The molecule has 0 fully saturated rings. The Balaban J connectivity index is 1.36. The van der Waals surface area contributed by atoms with Crippen LogP contribution in [0.4, 0.5) is 0 Å². The molecule has 0 aliphatic heterocycles. The van der Waals surface area contributed by atoms with Crippen LogP contribution in [0.25, 0.3) is 44.4 Å². The minimum absolute atomic E-state index is 0.106. The number of nitrogens with zero attached hydrogens (tertiary/aromatic N) is 4. The van der Waals surface area contributed by atoms with Gasteiger partial charge in [0.25, 0.3) is 0 Å². The van der Waals surface area contributed by atoms with Crippen molar-refractivity contribution in [3.05, 3.63) is 131 Å². The SMILES string of the molecule is Cc1nn(-c2cc(Oc3ccc4c5ccccc5n(-c5cc(C(C)C)ccn5)c4c3)cc(C(C)(C)C)c2)c(C)c1-c1c(C(C)C)cccc1C(C)C. The van der Waals surface area contributed by atoms with E-state index in [-0.39, 0.29) is 5.41 Å². The molecule has 0 spiro atoms. The van der Waals surface area contributed by atoms with Gasteiger partial charge in [-0.1, -0.05) is 98.7 Å². The molecule has 0 bridgehead atoms. The first kappa shape index (κ1) is 35.3. The molecule has 0 aliphatic carbocycles. The Morgan fingerprint density at radius 3 is 2.00 bits per heavy atom. The maximum absolute atomic E-state index is 6.82.